The molecule has 3 nitrogen and oxygen atoms in total. The van der Waals surface area contributed by atoms with Crippen molar-refractivity contribution in [1.82, 2.24) is 15.0 Å². The summed E-state index contributed by atoms with van der Waals surface area (Å²) < 4.78 is 0. The lowest BCUT2D eigenvalue weighted by Crippen LogP contribution is -2.21. The van der Waals surface area contributed by atoms with Crippen LogP contribution in [0.2, 0.25) is 0 Å². The minimum absolute atomic E-state index is 0.106. The van der Waals surface area contributed by atoms with Gasteiger partial charge in [0.15, 0.2) is 0 Å². The maximum absolute atomic E-state index is 5.06. The van der Waals surface area contributed by atoms with E-state index >= 15 is 0 Å². The third kappa shape index (κ3) is 4.10. The van der Waals surface area contributed by atoms with Gasteiger partial charge >= 0.3 is 0 Å². The molecule has 4 heteroatoms. The van der Waals surface area contributed by atoms with E-state index in [1.54, 1.807) is 0 Å². The van der Waals surface area contributed by atoms with Crippen molar-refractivity contribution in [2.75, 3.05) is 0 Å². The molecular formula is C42H31N3S. The highest BCUT2D eigenvalue weighted by molar-refractivity contribution is 8.00. The van der Waals surface area contributed by atoms with Crippen LogP contribution in [0.25, 0.3) is 44.5 Å². The van der Waals surface area contributed by atoms with Gasteiger partial charge in [-0.15, -0.1) is 11.8 Å². The Morgan fingerprint density at radius 1 is 0.543 bits per heavy atom. The molecule has 4 heterocycles. The lowest BCUT2D eigenvalue weighted by Gasteiger charge is -2.28. The topological polar surface area (TPSA) is 38.7 Å². The summed E-state index contributed by atoms with van der Waals surface area (Å²) in [6.07, 6.45) is 5.90. The van der Waals surface area contributed by atoms with E-state index in [1.807, 2.05) is 48.4 Å². The monoisotopic (exact) mass is 609 g/mol. The Labute approximate surface area is 273 Å². The minimum atomic E-state index is -0.106. The maximum atomic E-state index is 5.06. The maximum Gasteiger partial charge on any atom is 0.0893 e. The molecule has 1 aliphatic heterocycles. The molecule has 9 rings (SSSR count). The average molecular weight is 610 g/mol. The van der Waals surface area contributed by atoms with Crippen LogP contribution < -0.4 is 0 Å². The molecule has 220 valence electrons. The van der Waals surface area contributed by atoms with Gasteiger partial charge in [0.05, 0.1) is 17.1 Å². The van der Waals surface area contributed by atoms with E-state index in [9.17, 15) is 0 Å². The summed E-state index contributed by atoms with van der Waals surface area (Å²) in [5, 5.41) is 2.71. The second kappa shape index (κ2) is 10.5. The molecule has 0 fully saturated rings. The van der Waals surface area contributed by atoms with E-state index in [0.717, 1.165) is 22.6 Å². The van der Waals surface area contributed by atoms with E-state index in [-0.39, 0.29) is 16.6 Å². The van der Waals surface area contributed by atoms with Crippen LogP contribution >= 0.6 is 11.8 Å². The van der Waals surface area contributed by atoms with Gasteiger partial charge in [-0.1, -0.05) is 105 Å². The number of thioether (sulfide) groups is 1. The zero-order valence-corrected chi connectivity index (χ0v) is 26.5. The van der Waals surface area contributed by atoms with E-state index in [2.05, 4.69) is 127 Å². The van der Waals surface area contributed by atoms with Crippen molar-refractivity contribution in [3.05, 3.63) is 168 Å². The first kappa shape index (κ1) is 27.3. The van der Waals surface area contributed by atoms with E-state index in [4.69, 9.17) is 4.98 Å². The molecule has 0 amide bonds. The molecule has 0 saturated carbocycles. The quantitative estimate of drug-likeness (QED) is 0.200. The number of nitrogens with zero attached hydrogens (tertiary/aromatic N) is 3. The van der Waals surface area contributed by atoms with Crippen molar-refractivity contribution < 1.29 is 0 Å². The Kier molecular flexibility index (Phi) is 6.22. The van der Waals surface area contributed by atoms with Crippen LogP contribution in [0.4, 0.5) is 0 Å². The number of hydrogen-bond donors (Lipinski definition) is 0. The van der Waals surface area contributed by atoms with Gasteiger partial charge in [0.1, 0.15) is 0 Å². The lowest BCUT2D eigenvalue weighted by molar-refractivity contribution is 0.634. The fourth-order valence-electron chi connectivity index (χ4n) is 7.76. The van der Waals surface area contributed by atoms with Gasteiger partial charge in [0.2, 0.25) is 0 Å². The normalized spacial score (nSPS) is 17.4. The first-order valence-corrected chi connectivity index (χ1v) is 16.7. The summed E-state index contributed by atoms with van der Waals surface area (Å²) in [6, 6.07) is 43.7. The fourth-order valence-corrected chi connectivity index (χ4v) is 9.41. The number of pyridine rings is 3. The summed E-state index contributed by atoms with van der Waals surface area (Å²) in [6.45, 7) is 4.73. The number of benzene rings is 4. The van der Waals surface area contributed by atoms with Crippen LogP contribution in [0.3, 0.4) is 0 Å². The van der Waals surface area contributed by atoms with Gasteiger partial charge in [-0.25, -0.2) is 4.98 Å². The number of fused-ring (bicyclic) bond motifs is 8. The molecule has 0 spiro atoms. The SMILES string of the molecule is CC1(C)c2ccccc2C2Sc3c(-c4ccc(-c5cccc(-c6ccccn6)n5)c5ccccc45)cccc3C2c2cnccc21. The van der Waals surface area contributed by atoms with Crippen LogP contribution in [0, 0.1) is 0 Å². The second-order valence-electron chi connectivity index (χ2n) is 12.7. The minimum Gasteiger partial charge on any atom is -0.264 e. The molecule has 1 aliphatic carbocycles. The van der Waals surface area contributed by atoms with Crippen molar-refractivity contribution in [1.29, 1.82) is 0 Å². The van der Waals surface area contributed by atoms with Crippen LogP contribution in [-0.4, -0.2) is 15.0 Å². The van der Waals surface area contributed by atoms with Gasteiger partial charge in [0, 0.05) is 45.6 Å². The van der Waals surface area contributed by atoms with Gasteiger partial charge in [-0.3, -0.25) is 9.97 Å². The zero-order chi connectivity index (χ0) is 30.8. The first-order valence-electron chi connectivity index (χ1n) is 15.8. The second-order valence-corrected chi connectivity index (χ2v) is 13.9. The average Bonchev–Trinajstić information content (AvgIpc) is 3.48. The van der Waals surface area contributed by atoms with Crippen molar-refractivity contribution in [3.8, 4) is 33.8 Å². The summed E-state index contributed by atoms with van der Waals surface area (Å²) in [5.41, 5.74) is 13.2. The Bertz CT molecular complexity index is 2290. The molecule has 0 radical (unpaired) electrons. The van der Waals surface area contributed by atoms with Crippen LogP contribution in [-0.2, 0) is 5.41 Å². The molecule has 7 aromatic rings. The summed E-state index contributed by atoms with van der Waals surface area (Å²) in [5.74, 6) is 0.232. The highest BCUT2D eigenvalue weighted by Crippen LogP contribution is 2.63. The smallest absolute Gasteiger partial charge is 0.0893 e. The molecule has 0 bridgehead atoms. The predicted molar refractivity (Wildman–Crippen MR) is 189 cm³/mol. The molecule has 46 heavy (non-hydrogen) atoms. The van der Waals surface area contributed by atoms with Crippen molar-refractivity contribution >= 4 is 22.5 Å². The van der Waals surface area contributed by atoms with Crippen LogP contribution in [0.5, 0.6) is 0 Å². The Hall–Kier alpha value is -5.06. The van der Waals surface area contributed by atoms with Gasteiger partial charge in [-0.2, -0.15) is 0 Å². The lowest BCUT2D eigenvalue weighted by atomic mass is 9.76. The predicted octanol–water partition coefficient (Wildman–Crippen LogP) is 10.6. The molecule has 0 N–H and O–H groups in total. The van der Waals surface area contributed by atoms with Crippen molar-refractivity contribution in [3.63, 3.8) is 0 Å². The summed E-state index contributed by atoms with van der Waals surface area (Å²) >= 11 is 2.02. The van der Waals surface area contributed by atoms with Gasteiger partial charge < -0.3 is 0 Å². The number of rotatable bonds is 3. The Balaban J connectivity index is 1.22. The van der Waals surface area contributed by atoms with E-state index in [0.29, 0.717) is 0 Å². The highest BCUT2D eigenvalue weighted by Gasteiger charge is 2.45. The summed E-state index contributed by atoms with van der Waals surface area (Å²) in [7, 11) is 0. The molecule has 2 aliphatic rings. The zero-order valence-electron chi connectivity index (χ0n) is 25.7. The van der Waals surface area contributed by atoms with Crippen molar-refractivity contribution in [2.45, 2.75) is 35.3 Å². The third-order valence-electron chi connectivity index (χ3n) is 9.90. The van der Waals surface area contributed by atoms with Crippen molar-refractivity contribution in [2.24, 2.45) is 0 Å². The first-order chi connectivity index (χ1) is 22.6. The number of aromatic nitrogens is 3. The van der Waals surface area contributed by atoms with Crippen LogP contribution in [0.1, 0.15) is 52.8 Å². The molecule has 3 aromatic heterocycles. The fraction of sp³-hybridized carbons (Fsp3) is 0.119. The van der Waals surface area contributed by atoms with E-state index in [1.165, 1.54) is 54.6 Å². The van der Waals surface area contributed by atoms with Crippen LogP contribution in [0.15, 0.2) is 145 Å². The third-order valence-corrected chi connectivity index (χ3v) is 11.4. The Morgan fingerprint density at radius 3 is 2.11 bits per heavy atom. The summed E-state index contributed by atoms with van der Waals surface area (Å²) in [4.78, 5) is 15.6. The largest absolute Gasteiger partial charge is 0.264 e. The highest BCUT2D eigenvalue weighted by atomic mass is 32.2. The Morgan fingerprint density at radius 2 is 1.24 bits per heavy atom. The number of hydrogen-bond acceptors (Lipinski definition) is 4. The standard InChI is InChI=1S/C42H31N3S/c1-42(2)34-16-6-5-13-31(34)41-39(33-25-43-24-22-35(33)42)32-15-9-14-30(40(32)46-41)28-20-21-29(27-12-4-3-11-26(27)28)36-18-10-19-38(45-36)37-17-7-8-23-44-37/h3-25,39,41H,1-2H3. The molecular weight excluding hydrogens is 579 g/mol. The van der Waals surface area contributed by atoms with E-state index < -0.39 is 0 Å². The molecule has 4 aromatic carbocycles. The van der Waals surface area contributed by atoms with Gasteiger partial charge in [0.25, 0.3) is 0 Å². The molecule has 0 saturated heterocycles. The van der Waals surface area contributed by atoms with Gasteiger partial charge in [-0.05, 0) is 80.0 Å². The molecule has 2 unspecified atom stereocenters. The molecule has 2 atom stereocenters.